The van der Waals surface area contributed by atoms with Crippen molar-refractivity contribution in [3.8, 4) is 0 Å². The first-order valence-electron chi connectivity index (χ1n) is 7.92. The number of piperidine rings is 1. The zero-order valence-electron chi connectivity index (χ0n) is 12.7. The van der Waals surface area contributed by atoms with E-state index in [2.05, 4.69) is 24.4 Å². The zero-order chi connectivity index (χ0) is 14.7. The summed E-state index contributed by atoms with van der Waals surface area (Å²) in [7, 11) is 0. The van der Waals surface area contributed by atoms with E-state index in [9.17, 15) is 4.79 Å². The quantitative estimate of drug-likeness (QED) is 0.903. The predicted octanol–water partition coefficient (Wildman–Crippen LogP) is 1.89. The lowest BCUT2D eigenvalue weighted by atomic mass is 9.96. The molecule has 4 heteroatoms. The van der Waals surface area contributed by atoms with Crippen molar-refractivity contribution in [1.29, 1.82) is 0 Å². The van der Waals surface area contributed by atoms with E-state index in [1.54, 1.807) is 0 Å². The van der Waals surface area contributed by atoms with Crippen LogP contribution in [-0.4, -0.2) is 43.6 Å². The molecule has 0 spiro atoms. The van der Waals surface area contributed by atoms with Crippen molar-refractivity contribution >= 4 is 5.91 Å². The molecule has 2 atom stereocenters. The van der Waals surface area contributed by atoms with Crippen molar-refractivity contribution in [2.75, 3.05) is 32.8 Å². The lowest BCUT2D eigenvalue weighted by Crippen LogP contribution is -2.48. The van der Waals surface area contributed by atoms with Gasteiger partial charge in [-0.2, -0.15) is 0 Å². The summed E-state index contributed by atoms with van der Waals surface area (Å²) < 4.78 is 5.90. The van der Waals surface area contributed by atoms with Crippen molar-refractivity contribution in [2.45, 2.75) is 25.9 Å². The number of hydrogen-bond donors (Lipinski definition) is 1. The van der Waals surface area contributed by atoms with Crippen LogP contribution in [0.3, 0.4) is 0 Å². The molecule has 0 aromatic heterocycles. The van der Waals surface area contributed by atoms with Gasteiger partial charge < -0.3 is 15.0 Å². The summed E-state index contributed by atoms with van der Waals surface area (Å²) in [5, 5.41) is 3.33. The largest absolute Gasteiger partial charge is 0.370 e. The predicted molar refractivity (Wildman–Crippen MR) is 82.0 cm³/mol. The number of carbonyl (C=O) groups is 1. The van der Waals surface area contributed by atoms with Crippen LogP contribution >= 0.6 is 0 Å². The third kappa shape index (κ3) is 3.27. The third-order valence-corrected chi connectivity index (χ3v) is 4.56. The van der Waals surface area contributed by atoms with E-state index in [-0.39, 0.29) is 12.0 Å². The van der Waals surface area contributed by atoms with Crippen LogP contribution in [0.25, 0.3) is 0 Å². The first-order chi connectivity index (χ1) is 10.3. The van der Waals surface area contributed by atoms with E-state index < -0.39 is 0 Å². The van der Waals surface area contributed by atoms with Gasteiger partial charge in [-0.25, -0.2) is 0 Å². The van der Waals surface area contributed by atoms with E-state index in [0.717, 1.165) is 32.5 Å². The number of nitrogens with one attached hydrogen (secondary N) is 1. The Balaban J connectivity index is 1.68. The minimum atomic E-state index is 0.0143. The highest BCUT2D eigenvalue weighted by molar-refractivity contribution is 5.79. The van der Waals surface area contributed by atoms with Gasteiger partial charge in [0.15, 0.2) is 0 Å². The van der Waals surface area contributed by atoms with Gasteiger partial charge in [-0.05, 0) is 37.4 Å². The molecular weight excluding hydrogens is 264 g/mol. The number of rotatable bonds is 2. The average molecular weight is 288 g/mol. The van der Waals surface area contributed by atoms with Gasteiger partial charge in [0.25, 0.3) is 0 Å². The van der Waals surface area contributed by atoms with Crippen LogP contribution in [0.4, 0.5) is 0 Å². The summed E-state index contributed by atoms with van der Waals surface area (Å²) >= 11 is 0. The summed E-state index contributed by atoms with van der Waals surface area (Å²) in [4.78, 5) is 14.6. The molecule has 0 aliphatic carbocycles. The van der Waals surface area contributed by atoms with Crippen molar-refractivity contribution in [3.63, 3.8) is 0 Å². The van der Waals surface area contributed by atoms with Crippen LogP contribution in [0, 0.1) is 12.8 Å². The van der Waals surface area contributed by atoms with E-state index in [1.165, 1.54) is 11.1 Å². The second-order valence-electron chi connectivity index (χ2n) is 6.04. The van der Waals surface area contributed by atoms with Crippen LogP contribution in [-0.2, 0) is 9.53 Å². The summed E-state index contributed by atoms with van der Waals surface area (Å²) in [5.41, 5.74) is 2.44. The van der Waals surface area contributed by atoms with Crippen LogP contribution in [0.15, 0.2) is 24.3 Å². The van der Waals surface area contributed by atoms with E-state index in [0.29, 0.717) is 19.1 Å². The number of amides is 1. The molecule has 0 radical (unpaired) electrons. The Morgan fingerprint density at radius 3 is 3.00 bits per heavy atom. The second-order valence-corrected chi connectivity index (χ2v) is 6.04. The maximum atomic E-state index is 12.6. The summed E-state index contributed by atoms with van der Waals surface area (Å²) in [6.07, 6.45) is 2.13. The maximum absolute atomic E-state index is 12.6. The van der Waals surface area contributed by atoms with Gasteiger partial charge in [-0.15, -0.1) is 0 Å². The summed E-state index contributed by atoms with van der Waals surface area (Å²) in [6.45, 7) is 6.00. The number of carbonyl (C=O) groups excluding carboxylic acids is 1. The highest BCUT2D eigenvalue weighted by atomic mass is 16.5. The average Bonchev–Trinajstić information content (AvgIpc) is 2.55. The van der Waals surface area contributed by atoms with E-state index in [1.807, 2.05) is 17.0 Å². The van der Waals surface area contributed by atoms with Crippen molar-refractivity contribution in [3.05, 3.63) is 35.4 Å². The van der Waals surface area contributed by atoms with Crippen molar-refractivity contribution < 1.29 is 9.53 Å². The number of aryl methyl sites for hydroxylation is 1. The molecule has 4 nitrogen and oxygen atoms in total. The fourth-order valence-electron chi connectivity index (χ4n) is 3.31. The van der Waals surface area contributed by atoms with Gasteiger partial charge in [0.05, 0.1) is 19.1 Å². The molecule has 1 amide bonds. The van der Waals surface area contributed by atoms with Gasteiger partial charge in [-0.1, -0.05) is 24.3 Å². The fraction of sp³-hybridized carbons (Fsp3) is 0.588. The van der Waals surface area contributed by atoms with Crippen LogP contribution in [0.5, 0.6) is 0 Å². The Hall–Kier alpha value is -1.39. The molecule has 1 N–H and O–H groups in total. The zero-order valence-corrected chi connectivity index (χ0v) is 12.7. The van der Waals surface area contributed by atoms with E-state index in [4.69, 9.17) is 4.74 Å². The lowest BCUT2D eigenvalue weighted by molar-refractivity contribution is -0.143. The Bertz CT molecular complexity index is 497. The SMILES string of the molecule is Cc1ccccc1C1CN(C(=O)C2CCCNC2)CCO1. The highest BCUT2D eigenvalue weighted by Crippen LogP contribution is 2.26. The lowest BCUT2D eigenvalue weighted by Gasteiger charge is -2.36. The highest BCUT2D eigenvalue weighted by Gasteiger charge is 2.31. The van der Waals surface area contributed by atoms with Crippen molar-refractivity contribution in [2.24, 2.45) is 5.92 Å². The molecule has 2 saturated heterocycles. The Labute approximate surface area is 126 Å². The first-order valence-corrected chi connectivity index (χ1v) is 7.92. The molecule has 1 aromatic rings. The molecule has 2 aliphatic rings. The van der Waals surface area contributed by atoms with Crippen LogP contribution in [0.2, 0.25) is 0 Å². The molecule has 0 bridgehead atoms. The normalized spacial score (nSPS) is 26.6. The fourth-order valence-corrected chi connectivity index (χ4v) is 3.31. The summed E-state index contributed by atoms with van der Waals surface area (Å²) in [6, 6.07) is 8.29. The topological polar surface area (TPSA) is 41.6 Å². The smallest absolute Gasteiger partial charge is 0.227 e. The van der Waals surface area contributed by atoms with E-state index >= 15 is 0 Å². The molecule has 2 unspecified atom stereocenters. The minimum Gasteiger partial charge on any atom is -0.370 e. The van der Waals surface area contributed by atoms with Gasteiger partial charge >= 0.3 is 0 Å². The monoisotopic (exact) mass is 288 g/mol. The molecule has 2 aliphatic heterocycles. The van der Waals surface area contributed by atoms with Crippen LogP contribution in [0.1, 0.15) is 30.1 Å². The standard InChI is InChI=1S/C17H24N2O2/c1-13-5-2-3-7-15(13)16-12-19(9-10-21-16)17(20)14-6-4-8-18-11-14/h2-3,5,7,14,16,18H,4,6,8-12H2,1H3. The number of ether oxygens (including phenoxy) is 1. The molecular formula is C17H24N2O2. The Morgan fingerprint density at radius 1 is 1.38 bits per heavy atom. The Kier molecular flexibility index (Phi) is 4.56. The summed E-state index contributed by atoms with van der Waals surface area (Å²) in [5.74, 6) is 0.443. The molecule has 0 saturated carbocycles. The molecule has 21 heavy (non-hydrogen) atoms. The van der Waals surface area contributed by atoms with Crippen molar-refractivity contribution in [1.82, 2.24) is 10.2 Å². The minimum absolute atomic E-state index is 0.0143. The number of nitrogens with zero attached hydrogens (tertiary/aromatic N) is 1. The van der Waals surface area contributed by atoms with Gasteiger partial charge in [0, 0.05) is 13.1 Å². The molecule has 2 fully saturated rings. The first kappa shape index (κ1) is 14.5. The molecule has 2 heterocycles. The number of morpholine rings is 1. The Morgan fingerprint density at radius 2 is 2.24 bits per heavy atom. The van der Waals surface area contributed by atoms with Crippen LogP contribution < -0.4 is 5.32 Å². The van der Waals surface area contributed by atoms with Gasteiger partial charge in [0.1, 0.15) is 6.10 Å². The van der Waals surface area contributed by atoms with Gasteiger partial charge in [-0.3, -0.25) is 4.79 Å². The molecule has 114 valence electrons. The maximum Gasteiger partial charge on any atom is 0.227 e. The number of hydrogen-bond acceptors (Lipinski definition) is 3. The second kappa shape index (κ2) is 6.58. The number of benzene rings is 1. The van der Waals surface area contributed by atoms with Gasteiger partial charge in [0.2, 0.25) is 5.91 Å². The molecule has 1 aromatic carbocycles. The molecule has 3 rings (SSSR count). The third-order valence-electron chi connectivity index (χ3n) is 4.56.